The van der Waals surface area contributed by atoms with Crippen molar-refractivity contribution in [2.24, 2.45) is 0 Å². The van der Waals surface area contributed by atoms with E-state index in [4.69, 9.17) is 32.7 Å². The van der Waals surface area contributed by atoms with Gasteiger partial charge in [0.2, 0.25) is 0 Å². The van der Waals surface area contributed by atoms with Crippen LogP contribution in [0.15, 0.2) is 54.6 Å². The predicted molar refractivity (Wildman–Crippen MR) is 153 cm³/mol. The number of benzene rings is 3. The fourth-order valence-corrected chi connectivity index (χ4v) is 4.90. The maximum Gasteiger partial charge on any atom is 0.262 e. The zero-order valence-corrected chi connectivity index (χ0v) is 22.8. The van der Waals surface area contributed by atoms with Crippen molar-refractivity contribution >= 4 is 46.2 Å². The molecular weight excluding hydrogens is 509 g/mol. The lowest BCUT2D eigenvalue weighted by atomic mass is 10.1. The summed E-state index contributed by atoms with van der Waals surface area (Å²) in [5.74, 6) is 0.562. The Morgan fingerprint density at radius 2 is 1.65 bits per heavy atom. The fraction of sp³-hybridized carbons (Fsp3) is 0.345. The molecular formula is C29H33Cl2N3O3. The van der Waals surface area contributed by atoms with Gasteiger partial charge in [0.15, 0.2) is 18.1 Å². The molecule has 1 aliphatic heterocycles. The number of hydrogen-bond donors (Lipinski definition) is 2. The Morgan fingerprint density at radius 1 is 0.919 bits per heavy atom. The van der Waals surface area contributed by atoms with Crippen LogP contribution in [0.5, 0.6) is 11.5 Å². The first kappa shape index (κ1) is 27.0. The van der Waals surface area contributed by atoms with E-state index in [-0.39, 0.29) is 12.5 Å². The lowest BCUT2D eigenvalue weighted by Gasteiger charge is -2.29. The van der Waals surface area contributed by atoms with Gasteiger partial charge < -0.3 is 25.0 Å². The molecule has 8 heteroatoms. The van der Waals surface area contributed by atoms with Crippen molar-refractivity contribution in [1.29, 1.82) is 0 Å². The quantitative estimate of drug-likeness (QED) is 0.281. The lowest BCUT2D eigenvalue weighted by molar-refractivity contribution is -0.118. The normalized spacial score (nSPS) is 13.2. The van der Waals surface area contributed by atoms with Gasteiger partial charge in [-0.1, -0.05) is 40.9 Å². The Labute approximate surface area is 228 Å². The number of rotatable bonds is 10. The summed E-state index contributed by atoms with van der Waals surface area (Å²) in [6, 6.07) is 17.3. The van der Waals surface area contributed by atoms with Crippen LogP contribution in [-0.4, -0.2) is 32.2 Å². The van der Waals surface area contributed by atoms with E-state index in [0.29, 0.717) is 35.4 Å². The third-order valence-electron chi connectivity index (χ3n) is 6.19. The SMILES string of the molecule is CCOc1cc(CNc2ccc(N3CCCCC3)c(Cl)c2)cc(Cl)c1OCC(=O)Nc1ccc(C)cc1. The molecule has 1 heterocycles. The van der Waals surface area contributed by atoms with Crippen molar-refractivity contribution in [2.75, 3.05) is 41.8 Å². The Balaban J connectivity index is 1.38. The summed E-state index contributed by atoms with van der Waals surface area (Å²) in [6.07, 6.45) is 3.69. The van der Waals surface area contributed by atoms with Gasteiger partial charge in [-0.2, -0.15) is 0 Å². The van der Waals surface area contributed by atoms with Gasteiger partial charge in [-0.3, -0.25) is 4.79 Å². The molecule has 0 aliphatic carbocycles. The Bertz CT molecular complexity index is 1210. The van der Waals surface area contributed by atoms with Gasteiger partial charge in [-0.05, 0) is 81.1 Å². The Hall–Kier alpha value is -3.09. The summed E-state index contributed by atoms with van der Waals surface area (Å²) in [5, 5.41) is 7.35. The second-order valence-electron chi connectivity index (χ2n) is 9.11. The Morgan fingerprint density at radius 3 is 2.35 bits per heavy atom. The van der Waals surface area contributed by atoms with Crippen LogP contribution in [0.4, 0.5) is 17.1 Å². The largest absolute Gasteiger partial charge is 0.490 e. The first-order valence-corrected chi connectivity index (χ1v) is 13.4. The fourth-order valence-electron chi connectivity index (χ4n) is 4.31. The number of aryl methyl sites for hydroxylation is 1. The number of carbonyl (C=O) groups excluding carboxylic acids is 1. The van der Waals surface area contributed by atoms with Crippen LogP contribution in [0.25, 0.3) is 0 Å². The number of hydrogen-bond acceptors (Lipinski definition) is 5. The molecule has 1 aliphatic rings. The molecule has 37 heavy (non-hydrogen) atoms. The van der Waals surface area contributed by atoms with Crippen LogP contribution in [0.1, 0.15) is 37.3 Å². The predicted octanol–water partition coefficient (Wildman–Crippen LogP) is 7.32. The van der Waals surface area contributed by atoms with Crippen molar-refractivity contribution in [3.05, 3.63) is 75.8 Å². The maximum atomic E-state index is 12.4. The summed E-state index contributed by atoms with van der Waals surface area (Å²) in [6.45, 7) is 6.75. The molecule has 0 aromatic heterocycles. The molecule has 196 valence electrons. The van der Waals surface area contributed by atoms with Crippen molar-refractivity contribution in [3.8, 4) is 11.5 Å². The van der Waals surface area contributed by atoms with Gasteiger partial charge in [-0.15, -0.1) is 0 Å². The average Bonchev–Trinajstić information content (AvgIpc) is 2.89. The molecule has 0 saturated carbocycles. The number of piperidine rings is 1. The molecule has 0 atom stereocenters. The molecule has 1 fully saturated rings. The van der Waals surface area contributed by atoms with Gasteiger partial charge in [0.1, 0.15) is 0 Å². The molecule has 3 aromatic rings. The first-order chi connectivity index (χ1) is 17.9. The number of anilines is 3. The number of nitrogens with zero attached hydrogens (tertiary/aromatic N) is 1. The van der Waals surface area contributed by atoms with Crippen LogP contribution in [0, 0.1) is 6.92 Å². The number of halogens is 2. The van der Waals surface area contributed by atoms with E-state index in [1.54, 1.807) is 0 Å². The standard InChI is InChI=1S/C29H33Cl2N3O3/c1-3-36-27-16-21(18-32-23-11-12-26(24(30)17-23)34-13-5-4-6-14-34)15-25(31)29(27)37-19-28(35)33-22-9-7-20(2)8-10-22/h7-12,15-17,32H,3-6,13-14,18-19H2,1-2H3,(H,33,35). The van der Waals surface area contributed by atoms with Gasteiger partial charge in [0.25, 0.3) is 5.91 Å². The minimum absolute atomic E-state index is 0.187. The van der Waals surface area contributed by atoms with Crippen LogP contribution in [0.3, 0.4) is 0 Å². The molecule has 4 rings (SSSR count). The van der Waals surface area contributed by atoms with E-state index >= 15 is 0 Å². The van der Waals surface area contributed by atoms with Crippen molar-refractivity contribution < 1.29 is 14.3 Å². The van der Waals surface area contributed by atoms with Gasteiger partial charge >= 0.3 is 0 Å². The summed E-state index contributed by atoms with van der Waals surface area (Å²) in [4.78, 5) is 14.7. The lowest BCUT2D eigenvalue weighted by Crippen LogP contribution is -2.29. The van der Waals surface area contributed by atoms with E-state index in [1.165, 1.54) is 19.3 Å². The van der Waals surface area contributed by atoms with Gasteiger partial charge in [-0.25, -0.2) is 0 Å². The number of carbonyl (C=O) groups is 1. The highest BCUT2D eigenvalue weighted by Gasteiger charge is 2.16. The summed E-state index contributed by atoms with van der Waals surface area (Å²) in [5.41, 5.74) is 4.76. The van der Waals surface area contributed by atoms with E-state index in [9.17, 15) is 4.79 Å². The molecule has 1 amide bonds. The van der Waals surface area contributed by atoms with Crippen LogP contribution < -0.4 is 25.0 Å². The smallest absolute Gasteiger partial charge is 0.262 e. The summed E-state index contributed by atoms with van der Waals surface area (Å²) in [7, 11) is 0. The zero-order valence-electron chi connectivity index (χ0n) is 21.3. The van der Waals surface area contributed by atoms with Crippen LogP contribution in [-0.2, 0) is 11.3 Å². The third kappa shape index (κ3) is 7.46. The van der Waals surface area contributed by atoms with E-state index in [2.05, 4.69) is 21.6 Å². The molecule has 1 saturated heterocycles. The second-order valence-corrected chi connectivity index (χ2v) is 9.92. The van der Waals surface area contributed by atoms with Gasteiger partial charge in [0, 0.05) is 31.0 Å². The summed E-state index contributed by atoms with van der Waals surface area (Å²) >= 11 is 13.2. The summed E-state index contributed by atoms with van der Waals surface area (Å²) < 4.78 is 11.6. The van der Waals surface area contributed by atoms with Crippen molar-refractivity contribution in [3.63, 3.8) is 0 Å². The topological polar surface area (TPSA) is 62.8 Å². The number of amides is 1. The molecule has 3 aromatic carbocycles. The molecule has 0 unspecified atom stereocenters. The monoisotopic (exact) mass is 541 g/mol. The highest BCUT2D eigenvalue weighted by atomic mass is 35.5. The Kier molecular flexibility index (Phi) is 9.42. The van der Waals surface area contributed by atoms with Crippen LogP contribution in [0.2, 0.25) is 10.0 Å². The van der Waals surface area contributed by atoms with E-state index in [1.807, 2.05) is 62.4 Å². The van der Waals surface area contributed by atoms with Crippen LogP contribution >= 0.6 is 23.2 Å². The third-order valence-corrected chi connectivity index (χ3v) is 6.78. The van der Waals surface area contributed by atoms with E-state index < -0.39 is 0 Å². The number of ether oxygens (including phenoxy) is 2. The molecule has 0 spiro atoms. The number of nitrogens with one attached hydrogen (secondary N) is 2. The first-order valence-electron chi connectivity index (χ1n) is 12.7. The molecule has 0 radical (unpaired) electrons. The minimum Gasteiger partial charge on any atom is -0.490 e. The zero-order chi connectivity index (χ0) is 26.2. The minimum atomic E-state index is -0.280. The van der Waals surface area contributed by atoms with Crippen molar-refractivity contribution in [2.45, 2.75) is 39.7 Å². The molecule has 0 bridgehead atoms. The highest BCUT2D eigenvalue weighted by Crippen LogP contribution is 2.37. The van der Waals surface area contributed by atoms with E-state index in [0.717, 1.165) is 40.6 Å². The van der Waals surface area contributed by atoms with Gasteiger partial charge in [0.05, 0.1) is 22.3 Å². The molecule has 6 nitrogen and oxygen atoms in total. The average molecular weight is 543 g/mol. The van der Waals surface area contributed by atoms with Crippen molar-refractivity contribution in [1.82, 2.24) is 0 Å². The maximum absolute atomic E-state index is 12.4. The second kappa shape index (κ2) is 12.9. The highest BCUT2D eigenvalue weighted by molar-refractivity contribution is 6.33. The molecule has 2 N–H and O–H groups in total.